The molecule has 2 aromatic rings. The Hall–Kier alpha value is -3.28. The number of ether oxygens (including phenoxy) is 3. The second kappa shape index (κ2) is 9.27. The maximum atomic E-state index is 12.3. The molecular formula is C20H21NO5. The number of para-hydroxylation sites is 1. The summed E-state index contributed by atoms with van der Waals surface area (Å²) in [7, 11) is 3.04. The van der Waals surface area contributed by atoms with Crippen molar-refractivity contribution in [2.24, 2.45) is 0 Å². The summed E-state index contributed by atoms with van der Waals surface area (Å²) in [6, 6.07) is 11.9. The van der Waals surface area contributed by atoms with E-state index in [1.807, 2.05) is 0 Å². The lowest BCUT2D eigenvalue weighted by atomic mass is 10.1. The van der Waals surface area contributed by atoms with Crippen LogP contribution in [0.15, 0.2) is 54.7 Å². The van der Waals surface area contributed by atoms with Crippen LogP contribution in [0.3, 0.4) is 0 Å². The monoisotopic (exact) mass is 355 g/mol. The van der Waals surface area contributed by atoms with Gasteiger partial charge in [-0.25, -0.2) is 4.79 Å². The number of anilines is 1. The summed E-state index contributed by atoms with van der Waals surface area (Å²) in [5, 5.41) is 2.95. The number of hydrogen-bond acceptors (Lipinski definition) is 6. The number of carbonyl (C=O) groups excluding carboxylic acids is 2. The van der Waals surface area contributed by atoms with Crippen molar-refractivity contribution >= 4 is 17.4 Å². The molecule has 0 aromatic heterocycles. The first-order valence-electron chi connectivity index (χ1n) is 8.06. The second-order valence-electron chi connectivity index (χ2n) is 5.18. The quantitative estimate of drug-likeness (QED) is 0.442. The molecule has 0 amide bonds. The van der Waals surface area contributed by atoms with Gasteiger partial charge < -0.3 is 19.5 Å². The maximum absolute atomic E-state index is 12.3. The summed E-state index contributed by atoms with van der Waals surface area (Å²) in [6.07, 6.45) is 2.86. The highest BCUT2D eigenvalue weighted by Crippen LogP contribution is 2.27. The first-order chi connectivity index (χ1) is 12.6. The number of esters is 1. The lowest BCUT2D eigenvalue weighted by molar-refractivity contribution is 0.0527. The summed E-state index contributed by atoms with van der Waals surface area (Å²) in [4.78, 5) is 24.2. The molecule has 0 atom stereocenters. The summed E-state index contributed by atoms with van der Waals surface area (Å²) >= 11 is 0. The van der Waals surface area contributed by atoms with Crippen LogP contribution in [0.1, 0.15) is 27.6 Å². The Morgan fingerprint density at radius 3 is 2.46 bits per heavy atom. The first kappa shape index (κ1) is 19.1. The molecule has 6 heteroatoms. The van der Waals surface area contributed by atoms with Crippen molar-refractivity contribution < 1.29 is 23.8 Å². The minimum atomic E-state index is -0.421. The maximum Gasteiger partial charge on any atom is 0.340 e. The molecule has 1 N–H and O–H groups in total. The molecule has 0 bridgehead atoms. The highest BCUT2D eigenvalue weighted by atomic mass is 16.5. The lowest BCUT2D eigenvalue weighted by Gasteiger charge is -2.09. The van der Waals surface area contributed by atoms with Crippen LogP contribution in [0.2, 0.25) is 0 Å². The van der Waals surface area contributed by atoms with E-state index in [1.165, 1.54) is 26.5 Å². The minimum absolute atomic E-state index is 0.216. The van der Waals surface area contributed by atoms with E-state index in [2.05, 4.69) is 5.32 Å². The van der Waals surface area contributed by atoms with Crippen LogP contribution in [0.25, 0.3) is 0 Å². The van der Waals surface area contributed by atoms with Crippen LogP contribution in [0.4, 0.5) is 5.69 Å². The smallest absolute Gasteiger partial charge is 0.340 e. The molecular weight excluding hydrogens is 334 g/mol. The SMILES string of the molecule is CCOC(=O)c1ccccc1N/C=C/C(=O)c1ccc(OC)c(OC)c1. The molecule has 0 heterocycles. The van der Waals surface area contributed by atoms with E-state index >= 15 is 0 Å². The van der Waals surface area contributed by atoms with E-state index in [1.54, 1.807) is 49.4 Å². The van der Waals surface area contributed by atoms with Gasteiger partial charge in [-0.05, 0) is 37.3 Å². The molecule has 0 aliphatic heterocycles. The van der Waals surface area contributed by atoms with E-state index < -0.39 is 5.97 Å². The fourth-order valence-corrected chi connectivity index (χ4v) is 2.29. The zero-order chi connectivity index (χ0) is 18.9. The molecule has 0 unspecified atom stereocenters. The number of methoxy groups -OCH3 is 2. The summed E-state index contributed by atoms with van der Waals surface area (Å²) in [5.41, 5.74) is 1.42. The van der Waals surface area contributed by atoms with Crippen molar-refractivity contribution in [3.05, 3.63) is 65.9 Å². The van der Waals surface area contributed by atoms with E-state index in [-0.39, 0.29) is 5.78 Å². The number of allylic oxidation sites excluding steroid dienone is 1. The van der Waals surface area contributed by atoms with Crippen molar-refractivity contribution in [1.29, 1.82) is 0 Å². The predicted molar refractivity (Wildman–Crippen MR) is 99.0 cm³/mol. The van der Waals surface area contributed by atoms with Gasteiger partial charge in [0.25, 0.3) is 0 Å². The standard InChI is InChI=1S/C20H21NO5/c1-4-26-20(23)15-7-5-6-8-16(15)21-12-11-17(22)14-9-10-18(24-2)19(13-14)25-3/h5-13,21H,4H2,1-3H3/b12-11+. The Morgan fingerprint density at radius 1 is 1.04 bits per heavy atom. The van der Waals surface area contributed by atoms with Gasteiger partial charge in [0.2, 0.25) is 0 Å². The molecule has 0 fully saturated rings. The van der Waals surface area contributed by atoms with Gasteiger partial charge in [-0.1, -0.05) is 12.1 Å². The average Bonchev–Trinajstić information content (AvgIpc) is 2.67. The zero-order valence-electron chi connectivity index (χ0n) is 14.9. The topological polar surface area (TPSA) is 73.9 Å². The van der Waals surface area contributed by atoms with Crippen LogP contribution < -0.4 is 14.8 Å². The Balaban J connectivity index is 2.12. The van der Waals surface area contributed by atoms with E-state index in [4.69, 9.17) is 14.2 Å². The van der Waals surface area contributed by atoms with Crippen molar-refractivity contribution in [3.63, 3.8) is 0 Å². The van der Waals surface area contributed by atoms with Gasteiger partial charge in [-0.3, -0.25) is 4.79 Å². The van der Waals surface area contributed by atoms with Gasteiger partial charge in [0.15, 0.2) is 17.3 Å². The van der Waals surface area contributed by atoms with Gasteiger partial charge in [0.05, 0.1) is 32.1 Å². The molecule has 0 aliphatic rings. The Bertz CT molecular complexity index is 814. The third-order valence-corrected chi connectivity index (χ3v) is 3.56. The van der Waals surface area contributed by atoms with Crippen LogP contribution in [0.5, 0.6) is 11.5 Å². The van der Waals surface area contributed by atoms with Crippen molar-refractivity contribution in [1.82, 2.24) is 0 Å². The largest absolute Gasteiger partial charge is 0.493 e. The van der Waals surface area contributed by atoms with Gasteiger partial charge in [-0.2, -0.15) is 0 Å². The van der Waals surface area contributed by atoms with E-state index in [9.17, 15) is 9.59 Å². The molecule has 0 spiro atoms. The fourth-order valence-electron chi connectivity index (χ4n) is 2.29. The predicted octanol–water partition coefficient (Wildman–Crippen LogP) is 3.69. The third kappa shape index (κ3) is 4.63. The number of benzene rings is 2. The van der Waals surface area contributed by atoms with Crippen LogP contribution in [-0.2, 0) is 4.74 Å². The normalized spacial score (nSPS) is 10.4. The molecule has 2 aromatic carbocycles. The molecule has 0 aliphatic carbocycles. The molecule has 26 heavy (non-hydrogen) atoms. The average molecular weight is 355 g/mol. The fraction of sp³-hybridized carbons (Fsp3) is 0.200. The molecule has 0 saturated carbocycles. The van der Waals surface area contributed by atoms with Crippen LogP contribution in [0, 0.1) is 0 Å². The third-order valence-electron chi connectivity index (χ3n) is 3.56. The van der Waals surface area contributed by atoms with Gasteiger partial charge in [0.1, 0.15) is 0 Å². The molecule has 0 radical (unpaired) electrons. The van der Waals surface area contributed by atoms with E-state index in [0.29, 0.717) is 34.9 Å². The molecule has 6 nitrogen and oxygen atoms in total. The minimum Gasteiger partial charge on any atom is -0.493 e. The van der Waals surface area contributed by atoms with Gasteiger partial charge in [0, 0.05) is 17.8 Å². The van der Waals surface area contributed by atoms with Crippen LogP contribution in [-0.4, -0.2) is 32.6 Å². The number of carbonyl (C=O) groups is 2. The van der Waals surface area contributed by atoms with Gasteiger partial charge in [-0.15, -0.1) is 0 Å². The lowest BCUT2D eigenvalue weighted by Crippen LogP contribution is -2.07. The van der Waals surface area contributed by atoms with Crippen molar-refractivity contribution in [3.8, 4) is 11.5 Å². The summed E-state index contributed by atoms with van der Waals surface area (Å²) < 4.78 is 15.4. The number of ketones is 1. The first-order valence-corrected chi connectivity index (χ1v) is 8.06. The van der Waals surface area contributed by atoms with Crippen molar-refractivity contribution in [2.45, 2.75) is 6.92 Å². The molecule has 0 saturated heterocycles. The van der Waals surface area contributed by atoms with Gasteiger partial charge >= 0.3 is 5.97 Å². The zero-order valence-corrected chi connectivity index (χ0v) is 14.9. The molecule has 136 valence electrons. The highest BCUT2D eigenvalue weighted by molar-refractivity contribution is 6.05. The molecule has 2 rings (SSSR count). The Kier molecular flexibility index (Phi) is 6.79. The summed E-state index contributed by atoms with van der Waals surface area (Å²) in [5.74, 6) is 0.393. The van der Waals surface area contributed by atoms with Crippen LogP contribution >= 0.6 is 0 Å². The number of nitrogens with one attached hydrogen (secondary N) is 1. The highest BCUT2D eigenvalue weighted by Gasteiger charge is 2.11. The number of hydrogen-bond donors (Lipinski definition) is 1. The summed E-state index contributed by atoms with van der Waals surface area (Å²) in [6.45, 7) is 2.04. The van der Waals surface area contributed by atoms with Crippen molar-refractivity contribution in [2.75, 3.05) is 26.1 Å². The second-order valence-corrected chi connectivity index (χ2v) is 5.18. The Morgan fingerprint density at radius 2 is 1.77 bits per heavy atom. The Labute approximate surface area is 152 Å². The number of rotatable bonds is 8. The van der Waals surface area contributed by atoms with E-state index in [0.717, 1.165) is 0 Å².